The molecule has 0 bridgehead atoms. The molecule has 0 aromatic carbocycles. The van der Waals surface area contributed by atoms with Crippen LogP contribution in [0.25, 0.3) is 10.2 Å². The van der Waals surface area contributed by atoms with Crippen LogP contribution < -0.4 is 5.56 Å². The van der Waals surface area contributed by atoms with E-state index in [4.69, 9.17) is 4.74 Å². The van der Waals surface area contributed by atoms with Crippen LogP contribution in [0.3, 0.4) is 0 Å². The van der Waals surface area contributed by atoms with Crippen molar-refractivity contribution >= 4 is 27.5 Å². The first-order chi connectivity index (χ1) is 10.2. The Bertz CT molecular complexity index is 709. The van der Waals surface area contributed by atoms with Crippen molar-refractivity contribution in [1.82, 2.24) is 14.9 Å². The highest BCUT2D eigenvalue weighted by Gasteiger charge is 2.29. The maximum atomic E-state index is 12.0. The number of esters is 1. The Kier molecular flexibility index (Phi) is 4.03. The van der Waals surface area contributed by atoms with Crippen molar-refractivity contribution in [3.8, 4) is 0 Å². The number of nitrogens with zero attached hydrogens (tertiary/aromatic N) is 2. The van der Waals surface area contributed by atoms with Crippen LogP contribution in [0.15, 0.2) is 16.2 Å². The Morgan fingerprint density at radius 3 is 3.24 bits per heavy atom. The minimum Gasteiger partial charge on any atom is -0.468 e. The minimum atomic E-state index is -0.243. The first-order valence-electron chi connectivity index (χ1n) is 6.97. The molecule has 0 spiro atoms. The summed E-state index contributed by atoms with van der Waals surface area (Å²) in [6, 6.07) is 1.60. The van der Waals surface area contributed by atoms with Crippen LogP contribution in [0.1, 0.15) is 25.1 Å². The maximum Gasteiger partial charge on any atom is 0.323 e. The molecule has 21 heavy (non-hydrogen) atoms. The van der Waals surface area contributed by atoms with E-state index in [9.17, 15) is 9.59 Å². The van der Waals surface area contributed by atoms with Crippen molar-refractivity contribution in [3.05, 3.63) is 27.6 Å². The van der Waals surface area contributed by atoms with Crippen LogP contribution in [0.5, 0.6) is 0 Å². The molecule has 0 radical (unpaired) electrons. The number of piperidine rings is 1. The zero-order valence-corrected chi connectivity index (χ0v) is 12.6. The number of nitrogens with one attached hydrogen (secondary N) is 1. The smallest absolute Gasteiger partial charge is 0.323 e. The number of carbonyl (C=O) groups is 1. The fourth-order valence-corrected chi connectivity index (χ4v) is 3.50. The highest BCUT2D eigenvalue weighted by atomic mass is 32.1. The third kappa shape index (κ3) is 2.84. The molecular weight excluding hydrogens is 290 g/mol. The molecule has 3 heterocycles. The van der Waals surface area contributed by atoms with Gasteiger partial charge < -0.3 is 9.72 Å². The zero-order valence-electron chi connectivity index (χ0n) is 11.8. The predicted octanol–water partition coefficient (Wildman–Crippen LogP) is 1.51. The Labute approximate surface area is 125 Å². The van der Waals surface area contributed by atoms with Crippen molar-refractivity contribution in [2.24, 2.45) is 0 Å². The summed E-state index contributed by atoms with van der Waals surface area (Å²) in [5.41, 5.74) is 0.599. The molecule has 1 unspecified atom stereocenters. The van der Waals surface area contributed by atoms with Gasteiger partial charge in [-0.05, 0) is 30.8 Å². The summed E-state index contributed by atoms with van der Waals surface area (Å²) in [5.74, 6) is 0.385. The lowest BCUT2D eigenvalue weighted by molar-refractivity contribution is -0.148. The lowest BCUT2D eigenvalue weighted by atomic mass is 10.0. The molecule has 1 fully saturated rings. The number of hydrogen-bond acceptors (Lipinski definition) is 6. The molecule has 112 valence electrons. The first-order valence-corrected chi connectivity index (χ1v) is 7.85. The molecule has 0 amide bonds. The van der Waals surface area contributed by atoms with E-state index < -0.39 is 0 Å². The van der Waals surface area contributed by atoms with Crippen molar-refractivity contribution in [3.63, 3.8) is 0 Å². The Balaban J connectivity index is 1.85. The van der Waals surface area contributed by atoms with Crippen LogP contribution in [-0.4, -0.2) is 40.5 Å². The fraction of sp³-hybridized carbons (Fsp3) is 0.500. The fourth-order valence-electron chi connectivity index (χ4n) is 2.77. The van der Waals surface area contributed by atoms with Crippen molar-refractivity contribution in [2.45, 2.75) is 31.8 Å². The van der Waals surface area contributed by atoms with E-state index in [1.54, 1.807) is 0 Å². The van der Waals surface area contributed by atoms with Gasteiger partial charge in [0.15, 0.2) is 0 Å². The molecule has 1 atom stereocenters. The number of methoxy groups -OCH3 is 1. The van der Waals surface area contributed by atoms with E-state index >= 15 is 0 Å². The van der Waals surface area contributed by atoms with Crippen LogP contribution in [0.2, 0.25) is 0 Å². The van der Waals surface area contributed by atoms with Gasteiger partial charge in [0.1, 0.15) is 16.6 Å². The van der Waals surface area contributed by atoms with E-state index in [0.717, 1.165) is 25.8 Å². The molecule has 6 nitrogen and oxygen atoms in total. The summed E-state index contributed by atoms with van der Waals surface area (Å²) in [4.78, 5) is 33.1. The molecule has 1 aliphatic rings. The van der Waals surface area contributed by atoms with Gasteiger partial charge in [-0.2, -0.15) is 0 Å². The van der Waals surface area contributed by atoms with Gasteiger partial charge in [-0.3, -0.25) is 14.5 Å². The number of aromatic amines is 1. The van der Waals surface area contributed by atoms with Gasteiger partial charge >= 0.3 is 5.97 Å². The SMILES string of the molecule is COC(=O)C1CCCCN1Cc1nc2ccsc2c(=O)[nH]1. The molecule has 1 saturated heterocycles. The largest absolute Gasteiger partial charge is 0.468 e. The maximum absolute atomic E-state index is 12.0. The second-order valence-corrected chi connectivity index (χ2v) is 6.07. The second-order valence-electron chi connectivity index (χ2n) is 5.15. The Hall–Kier alpha value is -1.73. The van der Waals surface area contributed by atoms with Gasteiger partial charge in [0.25, 0.3) is 5.56 Å². The molecule has 0 aliphatic carbocycles. The number of aromatic nitrogens is 2. The molecular formula is C14H17N3O3S. The number of fused-ring (bicyclic) bond motifs is 1. The second kappa shape index (κ2) is 5.95. The molecule has 0 saturated carbocycles. The summed E-state index contributed by atoms with van der Waals surface area (Å²) < 4.78 is 5.51. The molecule has 3 rings (SSSR count). The van der Waals surface area contributed by atoms with Crippen LogP contribution in [-0.2, 0) is 16.1 Å². The van der Waals surface area contributed by atoms with Gasteiger partial charge in [-0.15, -0.1) is 11.3 Å². The standard InChI is InChI=1S/C14H17N3O3S/c1-20-14(19)10-4-2-3-6-17(10)8-11-15-9-5-7-21-12(9)13(18)16-11/h5,7,10H,2-4,6,8H2,1H3,(H,15,16,18). The molecule has 1 aliphatic heterocycles. The predicted molar refractivity (Wildman–Crippen MR) is 80.3 cm³/mol. The number of carbonyl (C=O) groups excluding carboxylic acids is 1. The third-order valence-electron chi connectivity index (χ3n) is 3.80. The lowest BCUT2D eigenvalue weighted by Gasteiger charge is -2.33. The quantitative estimate of drug-likeness (QED) is 0.870. The van der Waals surface area contributed by atoms with E-state index in [0.29, 0.717) is 22.6 Å². The van der Waals surface area contributed by atoms with Gasteiger partial charge in [0, 0.05) is 0 Å². The Morgan fingerprint density at radius 2 is 2.43 bits per heavy atom. The summed E-state index contributed by atoms with van der Waals surface area (Å²) in [6.45, 7) is 1.27. The van der Waals surface area contributed by atoms with Crippen LogP contribution in [0, 0.1) is 0 Å². The number of H-pyrrole nitrogens is 1. The lowest BCUT2D eigenvalue weighted by Crippen LogP contribution is -2.45. The average molecular weight is 307 g/mol. The van der Waals surface area contributed by atoms with Gasteiger partial charge in [0.2, 0.25) is 0 Å². The van der Waals surface area contributed by atoms with E-state index in [1.807, 2.05) is 16.3 Å². The topological polar surface area (TPSA) is 75.3 Å². The summed E-state index contributed by atoms with van der Waals surface area (Å²) in [6.07, 6.45) is 2.85. The van der Waals surface area contributed by atoms with Crippen molar-refractivity contribution in [1.29, 1.82) is 0 Å². The molecule has 7 heteroatoms. The molecule has 1 N–H and O–H groups in total. The monoisotopic (exact) mass is 307 g/mol. The highest BCUT2D eigenvalue weighted by molar-refractivity contribution is 7.17. The van der Waals surface area contributed by atoms with Gasteiger partial charge in [0.05, 0.1) is 19.2 Å². The summed E-state index contributed by atoms with van der Waals surface area (Å²) in [7, 11) is 1.41. The number of ether oxygens (including phenoxy) is 1. The average Bonchev–Trinajstić information content (AvgIpc) is 2.96. The zero-order chi connectivity index (χ0) is 14.8. The van der Waals surface area contributed by atoms with Gasteiger partial charge in [-0.25, -0.2) is 4.98 Å². The Morgan fingerprint density at radius 1 is 1.57 bits per heavy atom. The van der Waals surface area contributed by atoms with Crippen molar-refractivity contribution in [2.75, 3.05) is 13.7 Å². The third-order valence-corrected chi connectivity index (χ3v) is 4.71. The van der Waals surface area contributed by atoms with Gasteiger partial charge in [-0.1, -0.05) is 6.42 Å². The minimum absolute atomic E-state index is 0.114. The molecule has 2 aromatic rings. The van der Waals surface area contributed by atoms with Crippen LogP contribution in [0.4, 0.5) is 0 Å². The number of thiophene rings is 1. The summed E-state index contributed by atoms with van der Waals surface area (Å²) in [5, 5.41) is 1.86. The number of rotatable bonds is 3. The first kappa shape index (κ1) is 14.2. The van der Waals surface area contributed by atoms with E-state index in [2.05, 4.69) is 9.97 Å². The number of likely N-dealkylation sites (tertiary alicyclic amines) is 1. The van der Waals surface area contributed by atoms with Crippen molar-refractivity contribution < 1.29 is 9.53 Å². The number of hydrogen-bond donors (Lipinski definition) is 1. The van der Waals surface area contributed by atoms with E-state index in [-0.39, 0.29) is 17.6 Å². The normalized spacial score (nSPS) is 19.8. The molecule has 2 aromatic heterocycles. The van der Waals surface area contributed by atoms with E-state index in [1.165, 1.54) is 18.4 Å². The highest BCUT2D eigenvalue weighted by Crippen LogP contribution is 2.20. The summed E-state index contributed by atoms with van der Waals surface area (Å²) >= 11 is 1.38. The van der Waals surface area contributed by atoms with Crippen LogP contribution >= 0.6 is 11.3 Å².